The molecule has 1 aromatic rings. The number of ether oxygens (including phenoxy) is 1. The molecular formula is C33H49N5O8S2. The number of likely N-dealkylation sites (tertiary alicyclic amines) is 1. The first-order valence-electron chi connectivity index (χ1n) is 16.9. The van der Waals surface area contributed by atoms with Crippen LogP contribution in [0.1, 0.15) is 93.1 Å². The highest BCUT2D eigenvalue weighted by molar-refractivity contribution is 8.00. The van der Waals surface area contributed by atoms with Crippen LogP contribution in [-0.2, 0) is 57.6 Å². The number of thioether (sulfide) groups is 1. The second-order valence-corrected chi connectivity index (χ2v) is 14.7. The van der Waals surface area contributed by atoms with Crippen LogP contribution in [0.3, 0.4) is 0 Å². The van der Waals surface area contributed by atoms with Crippen molar-refractivity contribution in [3.8, 4) is 0 Å². The molecule has 3 rings (SSSR count). The van der Waals surface area contributed by atoms with Crippen LogP contribution >= 0.6 is 23.1 Å². The average Bonchev–Trinajstić information content (AvgIpc) is 3.58. The standard InChI is InChI=1S/C33H49N5O8S2/c1-2-3-4-22-5-8-25-26(19-22)48-31(37-25)20-24(40)7-10-29(42)36-14-18-47-27-21-32(44)38(33(27)45)15-11-30(43)35-13-17-46-16-12-23(39)6-9-28(34)41/h22,27H,2-21H2,1H3,(H2,34,41)(H,35,43)(H,36,42)/t22-,27?/m0/s1. The number of ketones is 2. The number of nitrogens with two attached hydrogens (primary N) is 1. The normalized spacial score (nSPS) is 17.3. The zero-order chi connectivity index (χ0) is 34.9. The molecule has 1 fully saturated rings. The van der Waals surface area contributed by atoms with Gasteiger partial charge in [-0.2, -0.15) is 0 Å². The van der Waals surface area contributed by atoms with E-state index >= 15 is 0 Å². The summed E-state index contributed by atoms with van der Waals surface area (Å²) in [4.78, 5) is 91.5. The molecule has 0 radical (unpaired) electrons. The van der Waals surface area contributed by atoms with Gasteiger partial charge in [-0.1, -0.05) is 26.2 Å². The Labute approximate surface area is 290 Å². The number of thiazole rings is 1. The molecule has 1 aliphatic carbocycles. The number of unbranched alkanes of at least 4 members (excludes halogenated alkanes) is 1. The molecule has 1 aliphatic heterocycles. The van der Waals surface area contributed by atoms with E-state index in [4.69, 9.17) is 15.5 Å². The molecule has 1 unspecified atom stereocenters. The van der Waals surface area contributed by atoms with Gasteiger partial charge in [-0.15, -0.1) is 23.1 Å². The van der Waals surface area contributed by atoms with Gasteiger partial charge in [0.2, 0.25) is 29.5 Å². The molecule has 266 valence electrons. The Morgan fingerprint density at radius 2 is 1.71 bits per heavy atom. The monoisotopic (exact) mass is 707 g/mol. The molecule has 0 bridgehead atoms. The number of carbonyl (C=O) groups is 7. The van der Waals surface area contributed by atoms with E-state index < -0.39 is 11.2 Å². The van der Waals surface area contributed by atoms with Crippen LogP contribution in [0.2, 0.25) is 0 Å². The third-order valence-corrected chi connectivity index (χ3v) is 10.6. The minimum absolute atomic E-state index is 0.00630. The highest BCUT2D eigenvalue weighted by atomic mass is 32.2. The zero-order valence-corrected chi connectivity index (χ0v) is 29.5. The Morgan fingerprint density at radius 3 is 2.48 bits per heavy atom. The maximum Gasteiger partial charge on any atom is 0.242 e. The number of nitrogens with zero attached hydrogens (tertiary/aromatic N) is 2. The van der Waals surface area contributed by atoms with Gasteiger partial charge in [0.1, 0.15) is 16.6 Å². The van der Waals surface area contributed by atoms with Gasteiger partial charge in [0.15, 0.2) is 0 Å². The topological polar surface area (TPSA) is 195 Å². The summed E-state index contributed by atoms with van der Waals surface area (Å²) < 4.78 is 5.30. The Bertz CT molecular complexity index is 1300. The SMILES string of the molecule is CCCC[C@H]1CCc2nc(CC(=O)CCC(=O)NCCSC3CC(=O)N(CCC(=O)NCCOCCC(=O)CCC(N)=O)C3=O)sc2C1. The molecule has 1 aromatic heterocycles. The Balaban J connectivity index is 1.22. The molecular weight excluding hydrogens is 659 g/mol. The summed E-state index contributed by atoms with van der Waals surface area (Å²) >= 11 is 2.93. The molecule has 5 amide bonds. The quantitative estimate of drug-likeness (QED) is 0.106. The van der Waals surface area contributed by atoms with Crippen LogP contribution < -0.4 is 16.4 Å². The number of Topliss-reactive ketones (excluding diaryl/α,β-unsaturated/α-hetero) is 2. The number of hydrogen-bond acceptors (Lipinski definition) is 11. The molecule has 13 nitrogen and oxygen atoms in total. The molecule has 4 N–H and O–H groups in total. The van der Waals surface area contributed by atoms with E-state index in [1.807, 2.05) is 0 Å². The van der Waals surface area contributed by atoms with Gasteiger partial charge in [0, 0.05) is 75.2 Å². The van der Waals surface area contributed by atoms with Crippen LogP contribution in [0.15, 0.2) is 0 Å². The highest BCUT2D eigenvalue weighted by Crippen LogP contribution is 2.32. The Hall–Kier alpha value is -3.17. The molecule has 15 heteroatoms. The number of imide groups is 1. The fourth-order valence-corrected chi connectivity index (χ4v) is 7.85. The molecule has 2 heterocycles. The smallest absolute Gasteiger partial charge is 0.242 e. The van der Waals surface area contributed by atoms with Gasteiger partial charge in [-0.25, -0.2) is 4.98 Å². The van der Waals surface area contributed by atoms with Crippen LogP contribution in [0, 0.1) is 5.92 Å². The molecule has 48 heavy (non-hydrogen) atoms. The van der Waals surface area contributed by atoms with Gasteiger partial charge in [-0.3, -0.25) is 38.5 Å². The first-order valence-corrected chi connectivity index (χ1v) is 18.8. The van der Waals surface area contributed by atoms with Crippen LogP contribution in [0.25, 0.3) is 0 Å². The van der Waals surface area contributed by atoms with E-state index in [1.54, 1.807) is 11.3 Å². The van der Waals surface area contributed by atoms with E-state index in [9.17, 15) is 33.6 Å². The van der Waals surface area contributed by atoms with Gasteiger partial charge in [-0.05, 0) is 25.2 Å². The van der Waals surface area contributed by atoms with Crippen molar-refractivity contribution in [2.75, 3.05) is 38.6 Å². The summed E-state index contributed by atoms with van der Waals surface area (Å²) in [7, 11) is 0. The van der Waals surface area contributed by atoms with Gasteiger partial charge in [0.05, 0.1) is 30.6 Å². The minimum Gasteiger partial charge on any atom is -0.379 e. The number of primary amides is 1. The number of aromatic nitrogens is 1. The van der Waals surface area contributed by atoms with E-state index in [0.29, 0.717) is 18.2 Å². The predicted octanol–water partition coefficient (Wildman–Crippen LogP) is 2.05. The number of hydrogen-bond donors (Lipinski definition) is 3. The Morgan fingerprint density at radius 1 is 0.958 bits per heavy atom. The Kier molecular flexibility index (Phi) is 17.2. The second kappa shape index (κ2) is 21.0. The lowest BCUT2D eigenvalue weighted by atomic mass is 9.87. The third kappa shape index (κ3) is 14.1. The van der Waals surface area contributed by atoms with E-state index in [1.165, 1.54) is 42.3 Å². The zero-order valence-electron chi connectivity index (χ0n) is 27.9. The van der Waals surface area contributed by atoms with Crippen LogP contribution in [-0.4, -0.2) is 94.8 Å². The van der Waals surface area contributed by atoms with Crippen molar-refractivity contribution in [2.45, 2.75) is 102 Å². The number of aryl methyl sites for hydroxylation is 1. The summed E-state index contributed by atoms with van der Waals surface area (Å²) in [5.41, 5.74) is 6.15. The van der Waals surface area contributed by atoms with E-state index in [2.05, 4.69) is 17.6 Å². The lowest BCUT2D eigenvalue weighted by Gasteiger charge is -2.20. The van der Waals surface area contributed by atoms with E-state index in [0.717, 1.165) is 28.4 Å². The van der Waals surface area contributed by atoms with Crippen molar-refractivity contribution >= 4 is 64.2 Å². The lowest BCUT2D eigenvalue weighted by Crippen LogP contribution is -2.36. The third-order valence-electron chi connectivity index (χ3n) is 8.28. The summed E-state index contributed by atoms with van der Waals surface area (Å²) in [6.07, 6.45) is 7.66. The summed E-state index contributed by atoms with van der Waals surface area (Å²) in [6.45, 7) is 3.06. The fraction of sp³-hybridized carbons (Fsp3) is 0.697. The maximum atomic E-state index is 12.7. The number of fused-ring (bicyclic) bond motifs is 1. The first kappa shape index (κ1) is 39.3. The van der Waals surface area contributed by atoms with Crippen molar-refractivity contribution in [2.24, 2.45) is 11.7 Å². The van der Waals surface area contributed by atoms with Gasteiger partial charge in [0.25, 0.3) is 0 Å². The van der Waals surface area contributed by atoms with Crippen molar-refractivity contribution in [1.29, 1.82) is 0 Å². The molecule has 2 atom stereocenters. The fourth-order valence-electron chi connectivity index (χ4n) is 5.56. The minimum atomic E-state index is -0.566. The number of carbonyl (C=O) groups excluding carboxylic acids is 7. The predicted molar refractivity (Wildman–Crippen MR) is 182 cm³/mol. The summed E-state index contributed by atoms with van der Waals surface area (Å²) in [5, 5.41) is 5.70. The molecule has 1 saturated heterocycles. The molecule has 0 spiro atoms. The number of amides is 5. The van der Waals surface area contributed by atoms with Crippen molar-refractivity contribution < 1.29 is 38.3 Å². The molecule has 0 aromatic carbocycles. The van der Waals surface area contributed by atoms with Crippen molar-refractivity contribution in [3.05, 3.63) is 15.6 Å². The summed E-state index contributed by atoms with van der Waals surface area (Å²) in [5.74, 6) is -0.778. The molecule has 0 saturated carbocycles. The van der Waals surface area contributed by atoms with Crippen LogP contribution in [0.4, 0.5) is 0 Å². The van der Waals surface area contributed by atoms with Crippen molar-refractivity contribution in [1.82, 2.24) is 20.5 Å². The number of nitrogens with one attached hydrogen (secondary N) is 2. The second-order valence-electron chi connectivity index (χ2n) is 12.2. The summed E-state index contributed by atoms with van der Waals surface area (Å²) in [6, 6.07) is 0. The maximum absolute atomic E-state index is 12.7. The average molecular weight is 708 g/mol. The first-order chi connectivity index (χ1) is 23.0. The largest absolute Gasteiger partial charge is 0.379 e. The molecule has 2 aliphatic rings. The van der Waals surface area contributed by atoms with Gasteiger partial charge < -0.3 is 21.1 Å². The van der Waals surface area contributed by atoms with E-state index in [-0.39, 0.29) is 113 Å². The number of rotatable bonds is 24. The lowest BCUT2D eigenvalue weighted by molar-refractivity contribution is -0.138. The van der Waals surface area contributed by atoms with Gasteiger partial charge >= 0.3 is 0 Å². The van der Waals surface area contributed by atoms with Crippen molar-refractivity contribution in [3.63, 3.8) is 0 Å². The van der Waals surface area contributed by atoms with Crippen LogP contribution in [0.5, 0.6) is 0 Å². The highest BCUT2D eigenvalue weighted by Gasteiger charge is 2.38.